The molecular weight excluding hydrogens is 372 g/mol. The molecule has 1 aromatic carbocycles. The Morgan fingerprint density at radius 1 is 1.17 bits per heavy atom. The van der Waals surface area contributed by atoms with Crippen molar-refractivity contribution in [1.29, 1.82) is 0 Å². The van der Waals surface area contributed by atoms with Gasteiger partial charge in [0.15, 0.2) is 17.2 Å². The second-order valence-electron chi connectivity index (χ2n) is 7.81. The molecule has 3 aliphatic rings. The Hall–Kier alpha value is -2.65. The molecule has 0 bridgehead atoms. The average molecular weight is 398 g/mol. The van der Waals surface area contributed by atoms with Crippen LogP contribution in [0.25, 0.3) is 0 Å². The van der Waals surface area contributed by atoms with E-state index in [4.69, 9.17) is 9.47 Å². The van der Waals surface area contributed by atoms with Crippen molar-refractivity contribution in [2.75, 3.05) is 39.5 Å². The van der Waals surface area contributed by atoms with Crippen LogP contribution < -0.4 is 14.8 Å². The Morgan fingerprint density at radius 2 is 2.00 bits per heavy atom. The van der Waals surface area contributed by atoms with E-state index in [1.54, 1.807) is 10.9 Å². The molecule has 9 heteroatoms. The van der Waals surface area contributed by atoms with Crippen LogP contribution in [0.3, 0.4) is 0 Å². The Labute approximate surface area is 169 Å². The maximum absolute atomic E-state index is 13.1. The number of nitrogens with zero attached hydrogens (tertiary/aromatic N) is 5. The largest absolute Gasteiger partial charge is 0.454 e. The molecule has 1 aromatic heterocycles. The second-order valence-corrected chi connectivity index (χ2v) is 7.81. The number of rotatable bonds is 7. The molecule has 2 aromatic rings. The Bertz CT molecular complexity index is 875. The molecule has 0 spiro atoms. The Kier molecular flexibility index (Phi) is 5.07. The maximum atomic E-state index is 13.1. The number of ether oxygens (including phenoxy) is 2. The zero-order valence-corrected chi connectivity index (χ0v) is 16.4. The minimum absolute atomic E-state index is 0.0569. The van der Waals surface area contributed by atoms with Gasteiger partial charge in [-0.25, -0.2) is 0 Å². The van der Waals surface area contributed by atoms with Crippen molar-refractivity contribution in [1.82, 2.24) is 30.1 Å². The highest BCUT2D eigenvalue weighted by atomic mass is 16.7. The summed E-state index contributed by atoms with van der Waals surface area (Å²) < 4.78 is 12.6. The standard InChI is InChI=1S/C20H26N6O3/c27-20(17-13-25(23-22-17)10-9-24-7-5-21-6-8-24)26(16-2-3-16)12-15-1-4-18-19(11-15)29-14-28-18/h1,4,11,13,16,21H,2-3,5-10,12,14H2. The average Bonchev–Trinajstić information content (AvgIpc) is 3.30. The number of fused-ring (bicyclic) bond motifs is 1. The fourth-order valence-electron chi connectivity index (χ4n) is 3.82. The van der Waals surface area contributed by atoms with E-state index in [9.17, 15) is 4.79 Å². The van der Waals surface area contributed by atoms with Gasteiger partial charge in [-0.3, -0.25) is 14.4 Å². The molecule has 2 aliphatic heterocycles. The normalized spacial score (nSPS) is 18.8. The van der Waals surface area contributed by atoms with Gasteiger partial charge in [-0.1, -0.05) is 11.3 Å². The number of amides is 1. The highest BCUT2D eigenvalue weighted by Gasteiger charge is 2.34. The van der Waals surface area contributed by atoms with Crippen LogP contribution in [-0.4, -0.2) is 76.3 Å². The van der Waals surface area contributed by atoms with E-state index in [2.05, 4.69) is 20.5 Å². The second kappa shape index (κ2) is 8.00. The van der Waals surface area contributed by atoms with E-state index in [0.717, 1.165) is 69.2 Å². The van der Waals surface area contributed by atoms with Crippen LogP contribution in [0.4, 0.5) is 0 Å². The van der Waals surface area contributed by atoms with Crippen molar-refractivity contribution < 1.29 is 14.3 Å². The number of carbonyl (C=O) groups is 1. The molecule has 29 heavy (non-hydrogen) atoms. The topological polar surface area (TPSA) is 84.8 Å². The van der Waals surface area contributed by atoms with Gasteiger partial charge in [0.2, 0.25) is 6.79 Å². The molecular formula is C20H26N6O3. The lowest BCUT2D eigenvalue weighted by atomic mass is 10.2. The van der Waals surface area contributed by atoms with E-state index in [0.29, 0.717) is 12.2 Å². The zero-order chi connectivity index (χ0) is 19.6. The summed E-state index contributed by atoms with van der Waals surface area (Å²) in [6.07, 6.45) is 3.85. The number of carbonyl (C=O) groups excluding carboxylic acids is 1. The van der Waals surface area contributed by atoms with E-state index in [-0.39, 0.29) is 18.7 Å². The molecule has 0 radical (unpaired) electrons. The van der Waals surface area contributed by atoms with Gasteiger partial charge in [-0.05, 0) is 30.5 Å². The molecule has 2 fully saturated rings. The first kappa shape index (κ1) is 18.4. The Morgan fingerprint density at radius 3 is 2.83 bits per heavy atom. The quantitative estimate of drug-likeness (QED) is 0.736. The number of aromatic nitrogens is 3. The van der Waals surface area contributed by atoms with Gasteiger partial charge in [-0.15, -0.1) is 5.10 Å². The van der Waals surface area contributed by atoms with Gasteiger partial charge in [-0.2, -0.15) is 0 Å². The lowest BCUT2D eigenvalue weighted by molar-refractivity contribution is 0.0723. The molecule has 1 saturated heterocycles. The third-order valence-corrected chi connectivity index (χ3v) is 5.65. The van der Waals surface area contributed by atoms with Gasteiger partial charge >= 0.3 is 0 Å². The summed E-state index contributed by atoms with van der Waals surface area (Å²) in [4.78, 5) is 17.4. The van der Waals surface area contributed by atoms with Crippen molar-refractivity contribution in [3.63, 3.8) is 0 Å². The summed E-state index contributed by atoms with van der Waals surface area (Å²) in [6.45, 7) is 6.59. The van der Waals surface area contributed by atoms with Crippen LogP contribution in [0.2, 0.25) is 0 Å². The molecule has 154 valence electrons. The molecule has 1 amide bonds. The Balaban J connectivity index is 1.23. The minimum Gasteiger partial charge on any atom is -0.454 e. The third kappa shape index (κ3) is 4.20. The summed E-state index contributed by atoms with van der Waals surface area (Å²) in [5.74, 6) is 1.44. The monoisotopic (exact) mass is 398 g/mol. The minimum atomic E-state index is -0.0569. The van der Waals surface area contributed by atoms with E-state index in [1.807, 2.05) is 23.1 Å². The van der Waals surface area contributed by atoms with Crippen molar-refractivity contribution in [2.24, 2.45) is 0 Å². The third-order valence-electron chi connectivity index (χ3n) is 5.65. The number of hydrogen-bond donors (Lipinski definition) is 1. The predicted molar refractivity (Wildman–Crippen MR) is 105 cm³/mol. The summed E-state index contributed by atoms with van der Waals surface area (Å²) >= 11 is 0. The lowest BCUT2D eigenvalue weighted by Gasteiger charge is -2.26. The fourth-order valence-corrected chi connectivity index (χ4v) is 3.82. The van der Waals surface area contributed by atoms with Crippen LogP contribution in [-0.2, 0) is 13.1 Å². The molecule has 0 atom stereocenters. The summed E-state index contributed by atoms with van der Waals surface area (Å²) in [6, 6.07) is 6.12. The summed E-state index contributed by atoms with van der Waals surface area (Å²) in [5.41, 5.74) is 1.44. The number of piperazine rings is 1. The summed E-state index contributed by atoms with van der Waals surface area (Å²) in [5, 5.41) is 11.7. The smallest absolute Gasteiger partial charge is 0.276 e. The predicted octanol–water partition coefficient (Wildman–Crippen LogP) is 0.717. The van der Waals surface area contributed by atoms with Crippen LogP contribution in [0, 0.1) is 0 Å². The van der Waals surface area contributed by atoms with Crippen molar-refractivity contribution in [3.8, 4) is 11.5 Å². The fraction of sp³-hybridized carbons (Fsp3) is 0.550. The van der Waals surface area contributed by atoms with Gasteiger partial charge < -0.3 is 19.7 Å². The highest BCUT2D eigenvalue weighted by Crippen LogP contribution is 2.34. The molecule has 1 aliphatic carbocycles. The van der Waals surface area contributed by atoms with E-state index in [1.165, 1.54) is 0 Å². The molecule has 0 unspecified atom stereocenters. The first-order valence-electron chi connectivity index (χ1n) is 10.3. The van der Waals surface area contributed by atoms with Crippen molar-refractivity contribution in [3.05, 3.63) is 35.7 Å². The number of hydrogen-bond acceptors (Lipinski definition) is 7. The van der Waals surface area contributed by atoms with Gasteiger partial charge in [0.1, 0.15) is 0 Å². The molecule has 9 nitrogen and oxygen atoms in total. The van der Waals surface area contributed by atoms with Crippen LogP contribution in [0.5, 0.6) is 11.5 Å². The maximum Gasteiger partial charge on any atom is 0.276 e. The SMILES string of the molecule is O=C(c1cn(CCN2CCNCC2)nn1)N(Cc1ccc2c(c1)OCO2)C1CC1. The number of benzene rings is 1. The van der Waals surface area contributed by atoms with Crippen LogP contribution in [0.1, 0.15) is 28.9 Å². The van der Waals surface area contributed by atoms with Crippen LogP contribution in [0.15, 0.2) is 24.4 Å². The first-order chi connectivity index (χ1) is 14.3. The van der Waals surface area contributed by atoms with E-state index >= 15 is 0 Å². The zero-order valence-electron chi connectivity index (χ0n) is 16.4. The van der Waals surface area contributed by atoms with Gasteiger partial charge in [0.05, 0.1) is 12.7 Å². The summed E-state index contributed by atoms with van der Waals surface area (Å²) in [7, 11) is 0. The first-order valence-corrected chi connectivity index (χ1v) is 10.3. The van der Waals surface area contributed by atoms with Gasteiger partial charge in [0.25, 0.3) is 5.91 Å². The lowest BCUT2D eigenvalue weighted by Crippen LogP contribution is -2.44. The van der Waals surface area contributed by atoms with E-state index < -0.39 is 0 Å². The molecule has 5 rings (SSSR count). The van der Waals surface area contributed by atoms with Crippen molar-refractivity contribution >= 4 is 5.91 Å². The van der Waals surface area contributed by atoms with Crippen LogP contribution >= 0.6 is 0 Å². The molecule has 1 N–H and O–H groups in total. The van der Waals surface area contributed by atoms with Gasteiger partial charge in [0, 0.05) is 45.3 Å². The number of nitrogens with one attached hydrogen (secondary N) is 1. The molecule has 1 saturated carbocycles. The molecule has 3 heterocycles. The highest BCUT2D eigenvalue weighted by molar-refractivity contribution is 5.92. The van der Waals surface area contributed by atoms with Crippen molar-refractivity contribution in [2.45, 2.75) is 32.0 Å².